The zero-order valence-corrected chi connectivity index (χ0v) is 7.58. The van der Waals surface area contributed by atoms with Gasteiger partial charge < -0.3 is 4.74 Å². The van der Waals surface area contributed by atoms with E-state index in [-0.39, 0.29) is 0 Å². The van der Waals surface area contributed by atoms with Crippen molar-refractivity contribution in [2.45, 2.75) is 25.7 Å². The van der Waals surface area contributed by atoms with Crippen molar-refractivity contribution in [3.63, 3.8) is 0 Å². The van der Waals surface area contributed by atoms with Gasteiger partial charge in [-0.1, -0.05) is 6.08 Å². The smallest absolute Gasteiger partial charge is 0.149 e. The molecular formula is C10H16O2. The van der Waals surface area contributed by atoms with E-state index in [4.69, 9.17) is 4.74 Å². The van der Waals surface area contributed by atoms with E-state index < -0.39 is 0 Å². The molecule has 0 aromatic heterocycles. The van der Waals surface area contributed by atoms with Crippen molar-refractivity contribution in [3.8, 4) is 0 Å². The molecule has 0 fully saturated rings. The Balaban J connectivity index is 3.51. The highest BCUT2D eigenvalue weighted by Gasteiger charge is 1.94. The summed E-state index contributed by atoms with van der Waals surface area (Å²) in [6.45, 7) is 3.62. The average Bonchev–Trinajstić information content (AvgIpc) is 2.10. The summed E-state index contributed by atoms with van der Waals surface area (Å²) in [5, 5.41) is 0. The Morgan fingerprint density at radius 3 is 2.75 bits per heavy atom. The van der Waals surface area contributed by atoms with Crippen LogP contribution in [0.3, 0.4) is 0 Å². The maximum atomic E-state index is 10.4. The van der Waals surface area contributed by atoms with Crippen LogP contribution < -0.4 is 0 Å². The minimum absolute atomic E-state index is 0.724. The summed E-state index contributed by atoms with van der Waals surface area (Å²) in [7, 11) is 1.55. The zero-order chi connectivity index (χ0) is 9.23. The molecule has 2 nitrogen and oxygen atoms in total. The molecule has 0 atom stereocenters. The van der Waals surface area contributed by atoms with Gasteiger partial charge in [0, 0.05) is 5.57 Å². The highest BCUT2D eigenvalue weighted by Crippen LogP contribution is 2.06. The minimum Gasteiger partial charge on any atom is -0.504 e. The molecule has 0 aliphatic carbocycles. The van der Waals surface area contributed by atoms with E-state index in [0.717, 1.165) is 37.5 Å². The molecule has 0 heterocycles. The lowest BCUT2D eigenvalue weighted by Crippen LogP contribution is -1.86. The van der Waals surface area contributed by atoms with Gasteiger partial charge in [-0.3, -0.25) is 4.79 Å². The van der Waals surface area contributed by atoms with Crippen molar-refractivity contribution < 1.29 is 9.53 Å². The van der Waals surface area contributed by atoms with E-state index in [0.29, 0.717) is 0 Å². The van der Waals surface area contributed by atoms with Gasteiger partial charge in [0.1, 0.15) is 6.29 Å². The number of carbonyl (C=O) groups is 1. The summed E-state index contributed by atoms with van der Waals surface area (Å²) in [6, 6.07) is 0. The first-order valence-corrected chi connectivity index (χ1v) is 4.13. The molecule has 12 heavy (non-hydrogen) atoms. The third-order valence-electron chi connectivity index (χ3n) is 1.54. The van der Waals surface area contributed by atoms with Gasteiger partial charge >= 0.3 is 0 Å². The van der Waals surface area contributed by atoms with E-state index in [2.05, 4.69) is 6.58 Å². The van der Waals surface area contributed by atoms with Crippen molar-refractivity contribution in [1.29, 1.82) is 0 Å². The first-order chi connectivity index (χ1) is 5.85. The predicted octanol–water partition coefficient (Wildman–Crippen LogP) is 2.46. The van der Waals surface area contributed by atoms with Crippen LogP contribution in [-0.4, -0.2) is 13.4 Å². The van der Waals surface area contributed by atoms with Gasteiger partial charge in [0.2, 0.25) is 0 Å². The fraction of sp³-hybridized carbons (Fsp3) is 0.500. The van der Waals surface area contributed by atoms with Crippen molar-refractivity contribution in [3.05, 3.63) is 24.5 Å². The van der Waals surface area contributed by atoms with Crippen molar-refractivity contribution in [2.75, 3.05) is 7.11 Å². The highest BCUT2D eigenvalue weighted by molar-refractivity contribution is 5.72. The van der Waals surface area contributed by atoms with E-state index in [1.165, 1.54) is 6.26 Å². The largest absolute Gasteiger partial charge is 0.504 e. The normalized spacial score (nSPS) is 10.9. The zero-order valence-electron chi connectivity index (χ0n) is 7.58. The topological polar surface area (TPSA) is 26.3 Å². The van der Waals surface area contributed by atoms with Crippen LogP contribution in [0.15, 0.2) is 24.5 Å². The molecule has 0 unspecified atom stereocenters. The molecule has 0 amide bonds. The SMILES string of the molecule is C=CCCCCC(C=O)=COC. The lowest BCUT2D eigenvalue weighted by molar-refractivity contribution is -0.105. The quantitative estimate of drug-likeness (QED) is 0.192. The van der Waals surface area contributed by atoms with Crippen LogP contribution in [0, 0.1) is 0 Å². The molecule has 0 radical (unpaired) electrons. The number of hydrogen-bond acceptors (Lipinski definition) is 2. The number of aldehydes is 1. The summed E-state index contributed by atoms with van der Waals surface area (Å²) in [5.74, 6) is 0. The number of allylic oxidation sites excluding steroid dienone is 2. The van der Waals surface area contributed by atoms with Crippen LogP contribution in [0.1, 0.15) is 25.7 Å². The molecule has 0 aliphatic heterocycles. The lowest BCUT2D eigenvalue weighted by atomic mass is 10.1. The van der Waals surface area contributed by atoms with E-state index in [1.807, 2.05) is 6.08 Å². The fourth-order valence-corrected chi connectivity index (χ4v) is 0.915. The van der Waals surface area contributed by atoms with Crippen LogP contribution in [0.4, 0.5) is 0 Å². The molecule has 0 bridgehead atoms. The van der Waals surface area contributed by atoms with E-state index >= 15 is 0 Å². The van der Waals surface area contributed by atoms with Gasteiger partial charge in [-0.05, 0) is 25.7 Å². The maximum absolute atomic E-state index is 10.4. The van der Waals surface area contributed by atoms with Crippen LogP contribution in [0.2, 0.25) is 0 Å². The molecular weight excluding hydrogens is 152 g/mol. The number of unbranched alkanes of at least 4 members (excludes halogenated alkanes) is 2. The monoisotopic (exact) mass is 168 g/mol. The maximum Gasteiger partial charge on any atom is 0.149 e. The third kappa shape index (κ3) is 5.71. The predicted molar refractivity (Wildman–Crippen MR) is 49.8 cm³/mol. The van der Waals surface area contributed by atoms with Crippen LogP contribution in [0.25, 0.3) is 0 Å². The van der Waals surface area contributed by atoms with E-state index in [1.54, 1.807) is 7.11 Å². The summed E-state index contributed by atoms with van der Waals surface area (Å²) in [4.78, 5) is 10.4. The standard InChI is InChI=1S/C10H16O2/c1-3-4-5-6-7-10(8-11)9-12-2/h3,8-9H,1,4-7H2,2H3. The number of methoxy groups -OCH3 is 1. The first kappa shape index (κ1) is 11.0. The Bertz CT molecular complexity index is 159. The lowest BCUT2D eigenvalue weighted by Gasteiger charge is -1.97. The second-order valence-corrected chi connectivity index (χ2v) is 2.58. The van der Waals surface area contributed by atoms with Crippen molar-refractivity contribution in [1.82, 2.24) is 0 Å². The molecule has 2 heteroatoms. The average molecular weight is 168 g/mol. The van der Waals surface area contributed by atoms with Gasteiger partial charge in [-0.2, -0.15) is 0 Å². The minimum atomic E-state index is 0.724. The van der Waals surface area contributed by atoms with Gasteiger partial charge in [0.15, 0.2) is 0 Å². The Hall–Kier alpha value is -1.05. The fourth-order valence-electron chi connectivity index (χ4n) is 0.915. The molecule has 0 aromatic carbocycles. The van der Waals surface area contributed by atoms with Gasteiger partial charge in [0.25, 0.3) is 0 Å². The van der Waals surface area contributed by atoms with Gasteiger partial charge in [0.05, 0.1) is 13.4 Å². The molecule has 0 aromatic rings. The third-order valence-corrected chi connectivity index (χ3v) is 1.54. The molecule has 0 saturated carbocycles. The van der Waals surface area contributed by atoms with Gasteiger partial charge in [-0.25, -0.2) is 0 Å². The number of carbonyl (C=O) groups excluding carboxylic acids is 1. The van der Waals surface area contributed by atoms with Crippen LogP contribution >= 0.6 is 0 Å². The Morgan fingerprint density at radius 1 is 1.50 bits per heavy atom. The van der Waals surface area contributed by atoms with Crippen molar-refractivity contribution in [2.24, 2.45) is 0 Å². The van der Waals surface area contributed by atoms with E-state index in [9.17, 15) is 4.79 Å². The van der Waals surface area contributed by atoms with Crippen molar-refractivity contribution >= 4 is 6.29 Å². The molecule has 0 saturated heterocycles. The molecule has 0 aliphatic rings. The summed E-state index contributed by atoms with van der Waals surface area (Å²) in [6.07, 6.45) is 8.14. The molecule has 0 N–H and O–H groups in total. The first-order valence-electron chi connectivity index (χ1n) is 4.13. The van der Waals surface area contributed by atoms with Crippen LogP contribution in [-0.2, 0) is 9.53 Å². The summed E-state index contributed by atoms with van der Waals surface area (Å²) in [5.41, 5.74) is 0.724. The number of rotatable bonds is 7. The van der Waals surface area contributed by atoms with Crippen LogP contribution in [0.5, 0.6) is 0 Å². The Kier molecular flexibility index (Phi) is 7.35. The summed E-state index contributed by atoms with van der Waals surface area (Å²) >= 11 is 0. The Morgan fingerprint density at radius 2 is 2.25 bits per heavy atom. The van der Waals surface area contributed by atoms with Gasteiger partial charge in [-0.15, -0.1) is 6.58 Å². The summed E-state index contributed by atoms with van der Waals surface area (Å²) < 4.78 is 4.74. The second-order valence-electron chi connectivity index (χ2n) is 2.58. The molecule has 68 valence electrons. The number of hydrogen-bond donors (Lipinski definition) is 0. The molecule has 0 spiro atoms. The number of ether oxygens (including phenoxy) is 1. The molecule has 0 rings (SSSR count). The highest BCUT2D eigenvalue weighted by atomic mass is 16.5. The Labute approximate surface area is 73.9 Å². The second kappa shape index (κ2) is 8.05.